The fraction of sp³-hybridized carbons (Fsp3) is 0.679. The summed E-state index contributed by atoms with van der Waals surface area (Å²) in [5, 5.41) is 20.6. The van der Waals surface area contributed by atoms with E-state index in [2.05, 4.69) is 11.1 Å². The number of Topliss-reactive ketones (excluding diaryl/α,β-unsaturated/α-hetero) is 1. The fourth-order valence-electron chi connectivity index (χ4n) is 4.67. The van der Waals surface area contributed by atoms with Gasteiger partial charge in [0.15, 0.2) is 0 Å². The van der Waals surface area contributed by atoms with E-state index in [1.807, 2.05) is 46.8 Å². The van der Waals surface area contributed by atoms with Gasteiger partial charge in [-0.1, -0.05) is 39.8 Å². The topological polar surface area (TPSA) is 96.2 Å². The number of hydrogen-bond donors (Lipinski definition) is 2. The first-order valence-corrected chi connectivity index (χ1v) is 12.6. The summed E-state index contributed by atoms with van der Waals surface area (Å²) in [6.07, 6.45) is 8.82. The summed E-state index contributed by atoms with van der Waals surface area (Å²) in [7, 11) is 0. The number of cyclic esters (lactones) is 1. The first-order valence-electron chi connectivity index (χ1n) is 12.6. The lowest BCUT2D eigenvalue weighted by atomic mass is 9.74. The third-order valence-corrected chi connectivity index (χ3v) is 7.19. The predicted molar refractivity (Wildman–Crippen MR) is 135 cm³/mol. The Morgan fingerprint density at radius 3 is 2.56 bits per heavy atom. The first kappa shape index (κ1) is 28.2. The zero-order valence-corrected chi connectivity index (χ0v) is 21.8. The standard InChI is InChI=1S/C28H43NO5/c1-18-8-7-9-22(17-30)11-13-24(19(2)16-23-12-10-20(3)29-23)34-25(31)14-15-28(5,6)27(33)21(4)26(18)32/h11-12,16,18,21,24,26,30,32H,7-10,13-15,17H2,1-6H3/b19-16+,22-11-/t18-,21+,24-,26-/m0/s1. The molecule has 190 valence electrons. The Hall–Kier alpha value is -2.05. The van der Waals surface area contributed by atoms with E-state index in [0.29, 0.717) is 19.3 Å². The van der Waals surface area contributed by atoms with E-state index in [1.54, 1.807) is 6.92 Å². The molecule has 2 rings (SSSR count). The summed E-state index contributed by atoms with van der Waals surface area (Å²) >= 11 is 0. The molecule has 0 spiro atoms. The predicted octanol–water partition coefficient (Wildman–Crippen LogP) is 5.09. The first-order chi connectivity index (χ1) is 15.9. The molecule has 0 bridgehead atoms. The summed E-state index contributed by atoms with van der Waals surface area (Å²) in [4.78, 5) is 30.4. The number of aliphatic hydroxyl groups is 2. The molecule has 0 fully saturated rings. The molecule has 4 atom stereocenters. The lowest BCUT2D eigenvalue weighted by Crippen LogP contribution is -2.39. The number of carbonyl (C=O) groups excluding carboxylic acids is 2. The van der Waals surface area contributed by atoms with Crippen LogP contribution in [0.2, 0.25) is 0 Å². The van der Waals surface area contributed by atoms with Gasteiger partial charge in [0.05, 0.1) is 18.4 Å². The van der Waals surface area contributed by atoms with Gasteiger partial charge in [-0.2, -0.15) is 0 Å². The smallest absolute Gasteiger partial charge is 0.306 e. The molecule has 0 aromatic rings. The Labute approximate surface area is 204 Å². The number of aliphatic hydroxyl groups excluding tert-OH is 2. The van der Waals surface area contributed by atoms with E-state index in [4.69, 9.17) is 4.74 Å². The van der Waals surface area contributed by atoms with Gasteiger partial charge in [0.1, 0.15) is 11.9 Å². The van der Waals surface area contributed by atoms with Crippen molar-refractivity contribution >= 4 is 17.5 Å². The number of carbonyl (C=O) groups is 2. The minimum atomic E-state index is -0.735. The van der Waals surface area contributed by atoms with Crippen LogP contribution >= 0.6 is 0 Å². The number of nitrogens with zero attached hydrogens (tertiary/aromatic N) is 1. The average Bonchev–Trinajstić information content (AvgIpc) is 3.20. The largest absolute Gasteiger partial charge is 0.457 e. The molecule has 2 heterocycles. The van der Waals surface area contributed by atoms with Crippen molar-refractivity contribution in [2.75, 3.05) is 6.61 Å². The third kappa shape index (κ3) is 8.02. The summed E-state index contributed by atoms with van der Waals surface area (Å²) in [5.74, 6) is -0.930. The number of esters is 1. The van der Waals surface area contributed by atoms with Gasteiger partial charge >= 0.3 is 5.97 Å². The van der Waals surface area contributed by atoms with Gasteiger partial charge in [-0.25, -0.2) is 0 Å². The molecule has 0 amide bonds. The van der Waals surface area contributed by atoms with E-state index in [-0.39, 0.29) is 30.7 Å². The van der Waals surface area contributed by atoms with Gasteiger partial charge < -0.3 is 14.9 Å². The molecule has 0 aromatic carbocycles. The monoisotopic (exact) mass is 473 g/mol. The quantitative estimate of drug-likeness (QED) is 0.439. The summed E-state index contributed by atoms with van der Waals surface area (Å²) < 4.78 is 5.87. The summed E-state index contributed by atoms with van der Waals surface area (Å²) in [6.45, 7) is 11.3. The fourth-order valence-corrected chi connectivity index (χ4v) is 4.67. The second-order valence-electron chi connectivity index (χ2n) is 10.7. The van der Waals surface area contributed by atoms with Crippen molar-refractivity contribution in [2.24, 2.45) is 22.2 Å². The number of hydrogen-bond acceptors (Lipinski definition) is 6. The minimum absolute atomic E-state index is 0.0308. The van der Waals surface area contributed by atoms with Crippen LogP contribution in [-0.2, 0) is 14.3 Å². The Kier molecular flexibility index (Phi) is 10.4. The SMILES string of the molecule is CC1=NC(/C=C(\C)[C@@H]2C/C=C(\CO)CCC[C@H](C)[C@H](O)[C@@H](C)C(=O)C(C)(C)CCC(=O)O2)=CC1. The number of rotatable bonds is 3. The van der Waals surface area contributed by atoms with Crippen LogP contribution in [0.3, 0.4) is 0 Å². The molecule has 6 nitrogen and oxygen atoms in total. The van der Waals surface area contributed by atoms with Gasteiger partial charge in [-0.3, -0.25) is 14.6 Å². The number of allylic oxidation sites excluding steroid dienone is 2. The molecule has 6 heteroatoms. The van der Waals surface area contributed by atoms with E-state index in [1.165, 1.54) is 0 Å². The van der Waals surface area contributed by atoms with Gasteiger partial charge in [0, 0.05) is 36.3 Å². The highest BCUT2D eigenvalue weighted by Gasteiger charge is 2.37. The summed E-state index contributed by atoms with van der Waals surface area (Å²) in [5.41, 5.74) is 2.98. The Morgan fingerprint density at radius 2 is 1.94 bits per heavy atom. The van der Waals surface area contributed by atoms with Crippen LogP contribution in [0.4, 0.5) is 0 Å². The maximum absolute atomic E-state index is 13.1. The highest BCUT2D eigenvalue weighted by atomic mass is 16.5. The zero-order chi connectivity index (χ0) is 25.5. The number of aliphatic imine (C=N–C) groups is 1. The highest BCUT2D eigenvalue weighted by molar-refractivity contribution is 5.87. The second kappa shape index (κ2) is 12.6. The van der Waals surface area contributed by atoms with Crippen molar-refractivity contribution in [3.63, 3.8) is 0 Å². The summed E-state index contributed by atoms with van der Waals surface area (Å²) in [6, 6.07) is 0. The lowest BCUT2D eigenvalue weighted by molar-refractivity contribution is -0.148. The maximum Gasteiger partial charge on any atom is 0.306 e. The van der Waals surface area contributed by atoms with Crippen LogP contribution in [0, 0.1) is 17.3 Å². The maximum atomic E-state index is 13.1. The van der Waals surface area contributed by atoms with Crippen LogP contribution in [0.1, 0.15) is 86.5 Å². The number of ketones is 1. The lowest BCUT2D eigenvalue weighted by Gasteiger charge is -2.31. The molecule has 0 radical (unpaired) electrons. The Morgan fingerprint density at radius 1 is 1.24 bits per heavy atom. The van der Waals surface area contributed by atoms with E-state index in [9.17, 15) is 19.8 Å². The van der Waals surface area contributed by atoms with Crippen molar-refractivity contribution in [1.82, 2.24) is 0 Å². The molecule has 2 N–H and O–H groups in total. The van der Waals surface area contributed by atoms with Gasteiger partial charge in [0.2, 0.25) is 0 Å². The van der Waals surface area contributed by atoms with E-state index in [0.717, 1.165) is 41.8 Å². The third-order valence-electron chi connectivity index (χ3n) is 7.19. The Bertz CT molecular complexity index is 864. The van der Waals surface area contributed by atoms with Crippen LogP contribution in [0.25, 0.3) is 0 Å². The molecule has 0 saturated carbocycles. The molecular weight excluding hydrogens is 430 g/mol. The minimum Gasteiger partial charge on any atom is -0.457 e. The molecule has 0 unspecified atom stereocenters. The van der Waals surface area contributed by atoms with Crippen LogP contribution < -0.4 is 0 Å². The highest BCUT2D eigenvalue weighted by Crippen LogP contribution is 2.32. The van der Waals surface area contributed by atoms with Crippen molar-refractivity contribution < 1.29 is 24.5 Å². The van der Waals surface area contributed by atoms with Crippen molar-refractivity contribution in [1.29, 1.82) is 0 Å². The second-order valence-corrected chi connectivity index (χ2v) is 10.7. The molecule has 0 saturated heterocycles. The van der Waals surface area contributed by atoms with Crippen LogP contribution in [-0.4, -0.2) is 46.5 Å². The molecule has 2 aliphatic heterocycles. The van der Waals surface area contributed by atoms with Crippen molar-refractivity contribution in [3.05, 3.63) is 35.1 Å². The molecule has 34 heavy (non-hydrogen) atoms. The van der Waals surface area contributed by atoms with E-state index < -0.39 is 23.5 Å². The van der Waals surface area contributed by atoms with Crippen molar-refractivity contribution in [3.8, 4) is 0 Å². The molecule has 0 aromatic heterocycles. The zero-order valence-electron chi connectivity index (χ0n) is 21.8. The van der Waals surface area contributed by atoms with E-state index >= 15 is 0 Å². The normalized spacial score (nSPS) is 31.9. The molecule has 2 aliphatic rings. The van der Waals surface area contributed by atoms with Gasteiger partial charge in [0.25, 0.3) is 0 Å². The van der Waals surface area contributed by atoms with Crippen LogP contribution in [0.15, 0.2) is 40.1 Å². The number of ether oxygens (including phenoxy) is 1. The average molecular weight is 474 g/mol. The molecular formula is C28H43NO5. The van der Waals surface area contributed by atoms with Gasteiger partial charge in [-0.15, -0.1) is 0 Å². The van der Waals surface area contributed by atoms with Crippen LogP contribution in [0.5, 0.6) is 0 Å². The molecule has 0 aliphatic carbocycles. The Balaban J connectivity index is 2.29. The van der Waals surface area contributed by atoms with Crippen molar-refractivity contribution in [2.45, 2.75) is 98.7 Å². The van der Waals surface area contributed by atoms with Gasteiger partial charge in [-0.05, 0) is 62.7 Å².